The van der Waals surface area contributed by atoms with Crippen molar-refractivity contribution in [1.29, 1.82) is 0 Å². The van der Waals surface area contributed by atoms with E-state index in [1.54, 1.807) is 12.1 Å². The van der Waals surface area contributed by atoms with Crippen LogP contribution in [0.3, 0.4) is 0 Å². The molecule has 0 N–H and O–H groups in total. The van der Waals surface area contributed by atoms with Crippen molar-refractivity contribution >= 4 is 23.2 Å². The minimum Gasteiger partial charge on any atom is -0.482 e. The molecule has 30 heavy (non-hydrogen) atoms. The summed E-state index contributed by atoms with van der Waals surface area (Å²) in [5.41, 5.74) is 0.580. The first-order valence-electron chi connectivity index (χ1n) is 8.74. The van der Waals surface area contributed by atoms with Crippen molar-refractivity contribution in [3.8, 4) is 11.5 Å². The smallest absolute Gasteiger partial charge is 0.387 e. The Kier molecular flexibility index (Phi) is 6.09. The van der Waals surface area contributed by atoms with Gasteiger partial charge in [-0.25, -0.2) is 0 Å². The summed E-state index contributed by atoms with van der Waals surface area (Å²) in [6.07, 6.45) is 0. The van der Waals surface area contributed by atoms with Gasteiger partial charge in [0.15, 0.2) is 6.61 Å². The van der Waals surface area contributed by atoms with Gasteiger partial charge in [0.1, 0.15) is 18.0 Å². The molecule has 0 saturated heterocycles. The summed E-state index contributed by atoms with van der Waals surface area (Å²) in [5, 5.41) is 11.0. The molecule has 9 nitrogen and oxygen atoms in total. The predicted octanol–water partition coefficient (Wildman–Crippen LogP) is 2.58. The standard InChI is InChI=1S/C19H17F2N3O6/c1-22(9-12-2-5-14(6-3-12)30-19(20)21)17(25)10-23-15-8-13(24(27)28)4-7-16(15)29-11-18(23)26/h2-8,19H,9-11H2,1H3. The summed E-state index contributed by atoms with van der Waals surface area (Å²) in [6, 6.07) is 9.62. The maximum Gasteiger partial charge on any atom is 0.387 e. The van der Waals surface area contributed by atoms with Crippen LogP contribution in [0, 0.1) is 10.1 Å². The maximum atomic E-state index is 12.6. The van der Waals surface area contributed by atoms with Crippen LogP contribution in [0.5, 0.6) is 11.5 Å². The highest BCUT2D eigenvalue weighted by Crippen LogP contribution is 2.35. The molecule has 0 saturated carbocycles. The summed E-state index contributed by atoms with van der Waals surface area (Å²) < 4.78 is 34.0. The van der Waals surface area contributed by atoms with Crippen LogP contribution in [0.25, 0.3) is 0 Å². The summed E-state index contributed by atoms with van der Waals surface area (Å²) in [5.74, 6) is -0.654. The van der Waals surface area contributed by atoms with Crippen LogP contribution in [-0.4, -0.2) is 48.4 Å². The highest BCUT2D eigenvalue weighted by atomic mass is 19.3. The van der Waals surface area contributed by atoms with Crippen LogP contribution < -0.4 is 14.4 Å². The zero-order chi connectivity index (χ0) is 21.8. The molecule has 1 aliphatic rings. The van der Waals surface area contributed by atoms with Crippen molar-refractivity contribution in [2.75, 3.05) is 25.1 Å². The molecular formula is C19H17F2N3O6. The van der Waals surface area contributed by atoms with Crippen LogP contribution in [0.4, 0.5) is 20.2 Å². The summed E-state index contributed by atoms with van der Waals surface area (Å²) in [6.45, 7) is -3.38. The van der Waals surface area contributed by atoms with Gasteiger partial charge in [-0.1, -0.05) is 12.1 Å². The first-order valence-corrected chi connectivity index (χ1v) is 8.74. The lowest BCUT2D eigenvalue weighted by molar-refractivity contribution is -0.384. The van der Waals surface area contributed by atoms with E-state index in [1.807, 2.05) is 0 Å². The number of nitro groups is 1. The molecule has 11 heteroatoms. The second-order valence-corrected chi connectivity index (χ2v) is 6.45. The van der Waals surface area contributed by atoms with E-state index < -0.39 is 23.3 Å². The van der Waals surface area contributed by atoms with Crippen molar-refractivity contribution in [3.63, 3.8) is 0 Å². The molecule has 2 aromatic rings. The monoisotopic (exact) mass is 421 g/mol. The lowest BCUT2D eigenvalue weighted by Crippen LogP contribution is -2.45. The number of carbonyl (C=O) groups is 2. The van der Waals surface area contributed by atoms with Gasteiger partial charge in [0.05, 0.1) is 10.6 Å². The number of non-ortho nitro benzene ring substituents is 1. The Hall–Kier alpha value is -3.76. The van der Waals surface area contributed by atoms with E-state index in [1.165, 1.54) is 42.3 Å². The number of rotatable bonds is 7. The molecule has 0 aromatic heterocycles. The van der Waals surface area contributed by atoms with E-state index in [9.17, 15) is 28.5 Å². The number of hydrogen-bond donors (Lipinski definition) is 0. The number of carbonyl (C=O) groups excluding carboxylic acids is 2. The molecule has 158 valence electrons. The van der Waals surface area contributed by atoms with Gasteiger partial charge in [-0.15, -0.1) is 0 Å². The zero-order valence-corrected chi connectivity index (χ0v) is 15.8. The Bertz CT molecular complexity index is 967. The Morgan fingerprint density at radius 3 is 2.63 bits per heavy atom. The molecule has 0 fully saturated rings. The van der Waals surface area contributed by atoms with Gasteiger partial charge in [0, 0.05) is 25.7 Å². The van der Waals surface area contributed by atoms with Gasteiger partial charge < -0.3 is 14.4 Å². The van der Waals surface area contributed by atoms with Crippen molar-refractivity contribution < 1.29 is 32.8 Å². The van der Waals surface area contributed by atoms with E-state index in [2.05, 4.69) is 4.74 Å². The van der Waals surface area contributed by atoms with Gasteiger partial charge in [-0.3, -0.25) is 24.6 Å². The molecule has 0 unspecified atom stereocenters. The van der Waals surface area contributed by atoms with E-state index >= 15 is 0 Å². The second kappa shape index (κ2) is 8.72. The van der Waals surface area contributed by atoms with Gasteiger partial charge in [-0.2, -0.15) is 8.78 Å². The Labute approximate surface area is 169 Å². The lowest BCUT2D eigenvalue weighted by atomic mass is 10.2. The molecule has 0 radical (unpaired) electrons. The highest BCUT2D eigenvalue weighted by Gasteiger charge is 2.30. The molecule has 3 rings (SSSR count). The largest absolute Gasteiger partial charge is 0.482 e. The van der Waals surface area contributed by atoms with Crippen molar-refractivity contribution in [1.82, 2.24) is 4.90 Å². The average molecular weight is 421 g/mol. The second-order valence-electron chi connectivity index (χ2n) is 6.45. The first kappa shape index (κ1) is 21.0. The zero-order valence-electron chi connectivity index (χ0n) is 15.8. The quantitative estimate of drug-likeness (QED) is 0.503. The topological polar surface area (TPSA) is 102 Å². The molecule has 1 aliphatic heterocycles. The third kappa shape index (κ3) is 4.80. The fourth-order valence-electron chi connectivity index (χ4n) is 2.87. The summed E-state index contributed by atoms with van der Waals surface area (Å²) >= 11 is 0. The third-order valence-electron chi connectivity index (χ3n) is 4.38. The Balaban J connectivity index is 1.70. The lowest BCUT2D eigenvalue weighted by Gasteiger charge is -2.30. The van der Waals surface area contributed by atoms with Gasteiger partial charge in [0.25, 0.3) is 11.6 Å². The van der Waals surface area contributed by atoms with E-state index in [4.69, 9.17) is 4.74 Å². The molecule has 2 aromatic carbocycles. The number of amides is 2. The molecule has 0 aliphatic carbocycles. The van der Waals surface area contributed by atoms with E-state index in [-0.39, 0.29) is 42.6 Å². The predicted molar refractivity (Wildman–Crippen MR) is 100 cm³/mol. The number of fused-ring (bicyclic) bond motifs is 1. The minimum absolute atomic E-state index is 0.000144. The number of anilines is 1. The number of nitrogens with zero attached hydrogens (tertiary/aromatic N) is 3. The van der Waals surface area contributed by atoms with Crippen molar-refractivity contribution in [2.45, 2.75) is 13.2 Å². The fourth-order valence-corrected chi connectivity index (χ4v) is 2.87. The number of hydrogen-bond acceptors (Lipinski definition) is 6. The normalized spacial score (nSPS) is 12.9. The maximum absolute atomic E-state index is 12.6. The van der Waals surface area contributed by atoms with Crippen molar-refractivity contribution in [2.24, 2.45) is 0 Å². The van der Waals surface area contributed by atoms with Crippen LogP contribution >= 0.6 is 0 Å². The Morgan fingerprint density at radius 2 is 2.00 bits per heavy atom. The average Bonchev–Trinajstić information content (AvgIpc) is 2.70. The minimum atomic E-state index is -2.93. The summed E-state index contributed by atoms with van der Waals surface area (Å²) in [4.78, 5) is 37.8. The van der Waals surface area contributed by atoms with Crippen molar-refractivity contribution in [3.05, 3.63) is 58.1 Å². The molecule has 2 amide bonds. The van der Waals surface area contributed by atoms with E-state index in [0.717, 1.165) is 4.90 Å². The number of halogens is 2. The fraction of sp³-hybridized carbons (Fsp3) is 0.263. The number of alkyl halides is 2. The van der Waals surface area contributed by atoms with Crippen LogP contribution in [0.2, 0.25) is 0 Å². The van der Waals surface area contributed by atoms with Crippen LogP contribution in [0.15, 0.2) is 42.5 Å². The van der Waals surface area contributed by atoms with Gasteiger partial charge >= 0.3 is 6.61 Å². The number of ether oxygens (including phenoxy) is 2. The van der Waals surface area contributed by atoms with Gasteiger partial charge in [-0.05, 0) is 23.8 Å². The molecule has 0 bridgehead atoms. The third-order valence-corrected chi connectivity index (χ3v) is 4.38. The van der Waals surface area contributed by atoms with Crippen LogP contribution in [0.1, 0.15) is 5.56 Å². The number of nitro benzene ring substituents is 1. The molecule has 0 atom stereocenters. The first-order chi connectivity index (χ1) is 14.2. The van der Waals surface area contributed by atoms with E-state index in [0.29, 0.717) is 5.56 Å². The Morgan fingerprint density at radius 1 is 1.30 bits per heavy atom. The molecule has 0 spiro atoms. The van der Waals surface area contributed by atoms with Gasteiger partial charge in [0.2, 0.25) is 5.91 Å². The SMILES string of the molecule is CN(Cc1ccc(OC(F)F)cc1)C(=O)CN1C(=O)COc2ccc([N+](=O)[O-])cc21. The molecule has 1 heterocycles. The number of benzene rings is 2. The number of likely N-dealkylation sites (N-methyl/N-ethyl adjacent to an activating group) is 1. The molecular weight excluding hydrogens is 404 g/mol. The highest BCUT2D eigenvalue weighted by molar-refractivity contribution is 6.02. The summed E-state index contributed by atoms with van der Waals surface area (Å²) in [7, 11) is 1.52. The van der Waals surface area contributed by atoms with Crippen LogP contribution in [-0.2, 0) is 16.1 Å².